The van der Waals surface area contributed by atoms with E-state index in [1.54, 1.807) is 31.1 Å². The standard InChI is InChI=1S/C18H21BrN4O2/c1-12-7-8-16(20-10-12)22-17(24)11-23(3)13(2)18(25)21-15-6-4-5-14(19)9-15/h4-10,13H,11H2,1-3H3,(H,21,25)(H,20,22,24). The Balaban J connectivity index is 1.88. The molecule has 0 aliphatic heterocycles. The molecule has 0 spiro atoms. The fourth-order valence-electron chi connectivity index (χ4n) is 2.10. The summed E-state index contributed by atoms with van der Waals surface area (Å²) in [6.45, 7) is 3.77. The molecule has 2 N–H and O–H groups in total. The number of amides is 2. The van der Waals surface area contributed by atoms with Gasteiger partial charge in [-0.15, -0.1) is 0 Å². The van der Waals surface area contributed by atoms with Crippen LogP contribution in [0.3, 0.4) is 0 Å². The number of aryl methyl sites for hydroxylation is 1. The van der Waals surface area contributed by atoms with Crippen LogP contribution < -0.4 is 10.6 Å². The van der Waals surface area contributed by atoms with Gasteiger partial charge in [-0.1, -0.05) is 28.1 Å². The second-order valence-corrected chi connectivity index (χ2v) is 6.78. The van der Waals surface area contributed by atoms with Crippen LogP contribution in [0.5, 0.6) is 0 Å². The van der Waals surface area contributed by atoms with Crippen molar-refractivity contribution in [2.75, 3.05) is 24.2 Å². The lowest BCUT2D eigenvalue weighted by Crippen LogP contribution is -2.43. The zero-order chi connectivity index (χ0) is 18.4. The molecule has 1 unspecified atom stereocenters. The molecule has 2 rings (SSSR count). The Hall–Kier alpha value is -2.25. The van der Waals surface area contributed by atoms with E-state index in [1.807, 2.05) is 37.3 Å². The molecule has 0 saturated carbocycles. The number of carbonyl (C=O) groups is 2. The largest absolute Gasteiger partial charge is 0.325 e. The SMILES string of the molecule is Cc1ccc(NC(=O)CN(C)C(C)C(=O)Nc2cccc(Br)c2)nc1. The molecule has 132 valence electrons. The van der Waals surface area contributed by atoms with E-state index in [-0.39, 0.29) is 18.4 Å². The maximum absolute atomic E-state index is 12.3. The average molecular weight is 405 g/mol. The summed E-state index contributed by atoms with van der Waals surface area (Å²) in [6, 6.07) is 10.5. The Labute approximate surface area is 155 Å². The third-order valence-electron chi connectivity index (χ3n) is 3.70. The maximum Gasteiger partial charge on any atom is 0.241 e. The number of benzene rings is 1. The van der Waals surface area contributed by atoms with Gasteiger partial charge in [-0.3, -0.25) is 14.5 Å². The molecule has 0 aliphatic carbocycles. The number of rotatable bonds is 6. The van der Waals surface area contributed by atoms with Crippen LogP contribution in [0.25, 0.3) is 0 Å². The zero-order valence-corrected chi connectivity index (χ0v) is 16.0. The molecule has 1 aromatic carbocycles. The van der Waals surface area contributed by atoms with Crippen LogP contribution in [0.4, 0.5) is 11.5 Å². The van der Waals surface area contributed by atoms with E-state index in [2.05, 4.69) is 31.5 Å². The first kappa shape index (κ1) is 19.1. The molecule has 6 nitrogen and oxygen atoms in total. The average Bonchev–Trinajstić information content (AvgIpc) is 2.56. The summed E-state index contributed by atoms with van der Waals surface area (Å²) in [6.07, 6.45) is 1.69. The molecule has 2 aromatic rings. The number of halogens is 1. The van der Waals surface area contributed by atoms with Gasteiger partial charge in [-0.25, -0.2) is 4.98 Å². The van der Waals surface area contributed by atoms with Gasteiger partial charge < -0.3 is 10.6 Å². The monoisotopic (exact) mass is 404 g/mol. The van der Waals surface area contributed by atoms with E-state index in [1.165, 1.54) is 0 Å². The number of carbonyl (C=O) groups excluding carboxylic acids is 2. The van der Waals surface area contributed by atoms with Crippen molar-refractivity contribution in [1.82, 2.24) is 9.88 Å². The second-order valence-electron chi connectivity index (χ2n) is 5.86. The van der Waals surface area contributed by atoms with E-state index in [9.17, 15) is 9.59 Å². The van der Waals surface area contributed by atoms with Crippen LogP contribution in [0.1, 0.15) is 12.5 Å². The minimum Gasteiger partial charge on any atom is -0.325 e. The number of hydrogen-bond donors (Lipinski definition) is 2. The number of anilines is 2. The van der Waals surface area contributed by atoms with Gasteiger partial charge in [0, 0.05) is 16.4 Å². The topological polar surface area (TPSA) is 74.3 Å². The Morgan fingerprint density at radius 3 is 2.64 bits per heavy atom. The number of hydrogen-bond acceptors (Lipinski definition) is 4. The molecule has 0 aliphatic rings. The summed E-state index contributed by atoms with van der Waals surface area (Å²) in [5.41, 5.74) is 1.72. The zero-order valence-electron chi connectivity index (χ0n) is 14.4. The number of aromatic nitrogens is 1. The van der Waals surface area contributed by atoms with Crippen LogP contribution in [0.2, 0.25) is 0 Å². The lowest BCUT2D eigenvalue weighted by atomic mass is 10.2. The Morgan fingerprint density at radius 2 is 2.00 bits per heavy atom. The number of pyridine rings is 1. The first-order valence-electron chi connectivity index (χ1n) is 7.84. The van der Waals surface area contributed by atoms with Crippen molar-refractivity contribution in [1.29, 1.82) is 0 Å². The third kappa shape index (κ3) is 5.95. The van der Waals surface area contributed by atoms with E-state index >= 15 is 0 Å². The molecule has 1 heterocycles. The highest BCUT2D eigenvalue weighted by Crippen LogP contribution is 2.16. The van der Waals surface area contributed by atoms with Crippen LogP contribution in [-0.2, 0) is 9.59 Å². The molecular formula is C18H21BrN4O2. The summed E-state index contributed by atoms with van der Waals surface area (Å²) in [5.74, 6) is 0.0954. The van der Waals surface area contributed by atoms with Crippen molar-refractivity contribution in [3.63, 3.8) is 0 Å². The van der Waals surface area contributed by atoms with E-state index in [0.717, 1.165) is 10.0 Å². The number of nitrogens with zero attached hydrogens (tertiary/aromatic N) is 2. The van der Waals surface area contributed by atoms with Gasteiger partial charge in [0.2, 0.25) is 11.8 Å². The van der Waals surface area contributed by atoms with Crippen LogP contribution in [0, 0.1) is 6.92 Å². The lowest BCUT2D eigenvalue weighted by Gasteiger charge is -2.23. The first-order chi connectivity index (χ1) is 11.8. The Morgan fingerprint density at radius 1 is 1.24 bits per heavy atom. The third-order valence-corrected chi connectivity index (χ3v) is 4.20. The van der Waals surface area contributed by atoms with E-state index < -0.39 is 6.04 Å². The molecule has 1 atom stereocenters. The minimum atomic E-state index is -0.462. The summed E-state index contributed by atoms with van der Waals surface area (Å²) in [7, 11) is 1.73. The first-order valence-corrected chi connectivity index (χ1v) is 8.63. The van der Waals surface area contributed by atoms with Gasteiger partial charge in [-0.2, -0.15) is 0 Å². The van der Waals surface area contributed by atoms with Crippen molar-refractivity contribution in [3.8, 4) is 0 Å². The van der Waals surface area contributed by atoms with Crippen LogP contribution in [-0.4, -0.2) is 41.3 Å². The molecular weight excluding hydrogens is 384 g/mol. The van der Waals surface area contributed by atoms with Gasteiger partial charge in [-0.05, 0) is 50.7 Å². The highest BCUT2D eigenvalue weighted by atomic mass is 79.9. The van der Waals surface area contributed by atoms with E-state index in [0.29, 0.717) is 11.5 Å². The van der Waals surface area contributed by atoms with Gasteiger partial charge in [0.25, 0.3) is 0 Å². The minimum absolute atomic E-state index is 0.0859. The van der Waals surface area contributed by atoms with Gasteiger partial charge in [0.05, 0.1) is 12.6 Å². The van der Waals surface area contributed by atoms with Crippen molar-refractivity contribution in [2.45, 2.75) is 19.9 Å². The van der Waals surface area contributed by atoms with Gasteiger partial charge >= 0.3 is 0 Å². The van der Waals surface area contributed by atoms with E-state index in [4.69, 9.17) is 0 Å². The summed E-state index contributed by atoms with van der Waals surface area (Å²) >= 11 is 3.37. The Kier molecular flexibility index (Phi) is 6.66. The summed E-state index contributed by atoms with van der Waals surface area (Å²) in [5, 5.41) is 5.56. The van der Waals surface area contributed by atoms with Crippen molar-refractivity contribution in [3.05, 3.63) is 52.6 Å². The highest BCUT2D eigenvalue weighted by Gasteiger charge is 2.20. The molecule has 1 aromatic heterocycles. The molecule has 7 heteroatoms. The van der Waals surface area contributed by atoms with Crippen LogP contribution in [0.15, 0.2) is 47.1 Å². The van der Waals surface area contributed by atoms with Crippen molar-refractivity contribution < 1.29 is 9.59 Å². The highest BCUT2D eigenvalue weighted by molar-refractivity contribution is 9.10. The molecule has 25 heavy (non-hydrogen) atoms. The quantitative estimate of drug-likeness (QED) is 0.775. The summed E-state index contributed by atoms with van der Waals surface area (Å²) in [4.78, 5) is 30.3. The molecule has 0 bridgehead atoms. The second kappa shape index (κ2) is 8.73. The molecule has 0 fully saturated rings. The lowest BCUT2D eigenvalue weighted by molar-refractivity contribution is -0.122. The maximum atomic E-state index is 12.3. The predicted octanol–water partition coefficient (Wildman–Crippen LogP) is 3.05. The van der Waals surface area contributed by atoms with Crippen molar-refractivity contribution >= 4 is 39.2 Å². The smallest absolute Gasteiger partial charge is 0.241 e. The predicted molar refractivity (Wildman–Crippen MR) is 102 cm³/mol. The van der Waals surface area contributed by atoms with Crippen LogP contribution >= 0.6 is 15.9 Å². The van der Waals surface area contributed by atoms with Gasteiger partial charge in [0.1, 0.15) is 5.82 Å². The Bertz CT molecular complexity index is 749. The fraction of sp³-hybridized carbons (Fsp3) is 0.278. The normalized spacial score (nSPS) is 11.9. The van der Waals surface area contributed by atoms with Gasteiger partial charge in [0.15, 0.2) is 0 Å². The molecule has 0 radical (unpaired) electrons. The fourth-order valence-corrected chi connectivity index (χ4v) is 2.50. The number of nitrogens with one attached hydrogen (secondary N) is 2. The molecule has 0 saturated heterocycles. The number of likely N-dealkylation sites (N-methyl/N-ethyl adjacent to an activating group) is 1. The van der Waals surface area contributed by atoms with Crippen molar-refractivity contribution in [2.24, 2.45) is 0 Å². The molecule has 2 amide bonds. The summed E-state index contributed by atoms with van der Waals surface area (Å²) < 4.78 is 0.885.